The summed E-state index contributed by atoms with van der Waals surface area (Å²) in [7, 11) is 3.25. The first kappa shape index (κ1) is 22.1. The van der Waals surface area contributed by atoms with E-state index in [-0.39, 0.29) is 17.6 Å². The number of methoxy groups -OCH3 is 2. The minimum absolute atomic E-state index is 0.00785. The van der Waals surface area contributed by atoms with Crippen LogP contribution < -0.4 is 9.47 Å². The third kappa shape index (κ3) is 3.20. The molecule has 3 aromatic rings. The van der Waals surface area contributed by atoms with Crippen LogP contribution in [0.3, 0.4) is 0 Å². The quantitative estimate of drug-likeness (QED) is 0.437. The Kier molecular flexibility index (Phi) is 5.60. The molecule has 2 aromatic carbocycles. The van der Waals surface area contributed by atoms with E-state index in [2.05, 4.69) is 12.1 Å². The van der Waals surface area contributed by atoms with Crippen LogP contribution in [0.1, 0.15) is 36.6 Å². The number of fused-ring (bicyclic) bond motifs is 3. The smallest absolute Gasteiger partial charge is 0.220 e. The monoisotopic (exact) mass is 456 g/mol. The van der Waals surface area contributed by atoms with Crippen LogP contribution in [0.4, 0.5) is 0 Å². The van der Waals surface area contributed by atoms with Crippen molar-refractivity contribution in [2.75, 3.05) is 14.2 Å². The van der Waals surface area contributed by atoms with E-state index in [0.29, 0.717) is 29.4 Å². The van der Waals surface area contributed by atoms with E-state index in [1.165, 1.54) is 0 Å². The molecule has 0 saturated heterocycles. The number of ketones is 1. The van der Waals surface area contributed by atoms with Crippen LogP contribution in [-0.4, -0.2) is 35.1 Å². The van der Waals surface area contributed by atoms with Crippen molar-refractivity contribution in [1.29, 1.82) is 0 Å². The van der Waals surface area contributed by atoms with Gasteiger partial charge in [-0.2, -0.15) is 4.98 Å². The second-order valence-corrected chi connectivity index (χ2v) is 9.05. The third-order valence-electron chi connectivity index (χ3n) is 7.52. The van der Waals surface area contributed by atoms with Gasteiger partial charge in [0.05, 0.1) is 31.7 Å². The van der Waals surface area contributed by atoms with Gasteiger partial charge in [-0.3, -0.25) is 4.79 Å². The van der Waals surface area contributed by atoms with Gasteiger partial charge in [-0.25, -0.2) is 4.98 Å². The van der Waals surface area contributed by atoms with E-state index in [1.54, 1.807) is 14.2 Å². The molecule has 174 valence electrons. The Morgan fingerprint density at radius 3 is 2.47 bits per heavy atom. The number of carbonyl (C=O) groups excluding carboxylic acids is 1. The van der Waals surface area contributed by atoms with Crippen molar-refractivity contribution in [3.05, 3.63) is 83.3 Å². The molecular formula is C28H28N2O4. The second-order valence-electron chi connectivity index (χ2n) is 9.05. The van der Waals surface area contributed by atoms with Gasteiger partial charge in [-0.05, 0) is 42.9 Å². The van der Waals surface area contributed by atoms with E-state index in [9.17, 15) is 9.90 Å². The van der Waals surface area contributed by atoms with Crippen molar-refractivity contribution in [3.8, 4) is 23.0 Å². The molecule has 3 atom stereocenters. The van der Waals surface area contributed by atoms with E-state index in [1.807, 2.05) is 49.4 Å². The Balaban J connectivity index is 1.84. The van der Waals surface area contributed by atoms with Crippen molar-refractivity contribution < 1.29 is 19.4 Å². The van der Waals surface area contributed by atoms with Crippen molar-refractivity contribution in [2.24, 2.45) is 11.8 Å². The van der Waals surface area contributed by atoms with Crippen LogP contribution in [0, 0.1) is 11.8 Å². The second kappa shape index (κ2) is 8.60. The summed E-state index contributed by atoms with van der Waals surface area (Å²) in [6.45, 7) is 1.97. The first-order valence-electron chi connectivity index (χ1n) is 11.6. The van der Waals surface area contributed by atoms with Crippen LogP contribution in [-0.2, 0) is 16.6 Å². The molecule has 34 heavy (non-hydrogen) atoms. The van der Waals surface area contributed by atoms with Gasteiger partial charge in [-0.1, -0.05) is 49.4 Å². The predicted octanol–water partition coefficient (Wildman–Crippen LogP) is 5.06. The van der Waals surface area contributed by atoms with Crippen LogP contribution in [0.15, 0.2) is 66.4 Å². The highest BCUT2D eigenvalue weighted by molar-refractivity contribution is 5.98. The van der Waals surface area contributed by atoms with Crippen molar-refractivity contribution in [1.82, 2.24) is 9.97 Å². The zero-order valence-corrected chi connectivity index (χ0v) is 19.6. The van der Waals surface area contributed by atoms with Crippen molar-refractivity contribution >= 4 is 5.78 Å². The lowest BCUT2D eigenvalue weighted by atomic mass is 9.52. The summed E-state index contributed by atoms with van der Waals surface area (Å²) in [5.74, 6) is 1.52. The first-order valence-corrected chi connectivity index (χ1v) is 11.6. The summed E-state index contributed by atoms with van der Waals surface area (Å²) < 4.78 is 11.4. The number of rotatable bonds is 4. The number of carbonyl (C=O) groups is 1. The fraction of sp³-hybridized carbons (Fsp3) is 0.321. The number of aromatic nitrogens is 2. The number of allylic oxidation sites excluding steroid dienone is 1. The molecule has 0 unspecified atom stereocenters. The SMILES string of the molecule is COc1ccccc1-c1nc(OC)c2c(n1)[C@@]1(c3ccccc3)C/C(=C/O)C(=O)[C@@H](C)[C@@H]1CC2. The van der Waals surface area contributed by atoms with Gasteiger partial charge in [0.15, 0.2) is 11.6 Å². The number of benzene rings is 2. The highest BCUT2D eigenvalue weighted by atomic mass is 16.5. The van der Waals surface area contributed by atoms with Crippen LogP contribution in [0.5, 0.6) is 11.6 Å². The maximum Gasteiger partial charge on any atom is 0.220 e. The van der Waals surface area contributed by atoms with Crippen LogP contribution >= 0.6 is 0 Å². The molecule has 0 spiro atoms. The molecule has 1 N–H and O–H groups in total. The van der Waals surface area contributed by atoms with Gasteiger partial charge >= 0.3 is 0 Å². The van der Waals surface area contributed by atoms with Crippen molar-refractivity contribution in [3.63, 3.8) is 0 Å². The molecule has 2 aliphatic rings. The molecule has 0 aliphatic heterocycles. The number of para-hydroxylation sites is 1. The maximum atomic E-state index is 13.1. The summed E-state index contributed by atoms with van der Waals surface area (Å²) in [4.78, 5) is 23.0. The van der Waals surface area contributed by atoms with E-state index in [0.717, 1.165) is 41.5 Å². The third-order valence-corrected chi connectivity index (χ3v) is 7.52. The van der Waals surface area contributed by atoms with Crippen LogP contribution in [0.25, 0.3) is 11.4 Å². The maximum absolute atomic E-state index is 13.1. The van der Waals surface area contributed by atoms with E-state index < -0.39 is 5.41 Å². The van der Waals surface area contributed by atoms with Gasteiger partial charge in [0, 0.05) is 22.5 Å². The fourth-order valence-corrected chi connectivity index (χ4v) is 5.95. The number of hydrogen-bond donors (Lipinski definition) is 1. The molecule has 1 fully saturated rings. The molecule has 1 saturated carbocycles. The van der Waals surface area contributed by atoms with Gasteiger partial charge in [0.1, 0.15) is 5.75 Å². The summed E-state index contributed by atoms with van der Waals surface area (Å²) >= 11 is 0. The first-order chi connectivity index (χ1) is 16.5. The van der Waals surface area contributed by atoms with E-state index >= 15 is 0 Å². The average Bonchev–Trinajstić information content (AvgIpc) is 2.90. The molecule has 5 rings (SSSR count). The summed E-state index contributed by atoms with van der Waals surface area (Å²) in [5, 5.41) is 10.0. The number of ether oxygens (including phenoxy) is 2. The Morgan fingerprint density at radius 1 is 1.03 bits per heavy atom. The highest BCUT2D eigenvalue weighted by Crippen LogP contribution is 2.56. The minimum Gasteiger partial charge on any atom is -0.515 e. The molecule has 0 bridgehead atoms. The van der Waals surface area contributed by atoms with Crippen LogP contribution in [0.2, 0.25) is 0 Å². The van der Waals surface area contributed by atoms with Gasteiger partial charge in [-0.15, -0.1) is 0 Å². The number of nitrogens with zero attached hydrogens (tertiary/aromatic N) is 2. The molecule has 1 heterocycles. The normalized spacial score (nSPS) is 24.9. The number of Topliss-reactive ketones (excluding diaryl/α,β-unsaturated/α-hetero) is 1. The zero-order valence-electron chi connectivity index (χ0n) is 19.6. The van der Waals surface area contributed by atoms with E-state index in [4.69, 9.17) is 19.4 Å². The molecule has 0 amide bonds. The molecule has 6 heteroatoms. The van der Waals surface area contributed by atoms with Crippen molar-refractivity contribution in [2.45, 2.75) is 31.6 Å². The lowest BCUT2D eigenvalue weighted by Crippen LogP contribution is -2.51. The molecular weight excluding hydrogens is 428 g/mol. The van der Waals surface area contributed by atoms with Gasteiger partial charge in [0.2, 0.25) is 5.88 Å². The molecule has 2 aliphatic carbocycles. The Hall–Kier alpha value is -3.67. The molecule has 6 nitrogen and oxygen atoms in total. The lowest BCUT2D eigenvalue weighted by molar-refractivity contribution is -0.123. The highest BCUT2D eigenvalue weighted by Gasteiger charge is 2.55. The van der Waals surface area contributed by atoms with Gasteiger partial charge in [0.25, 0.3) is 0 Å². The topological polar surface area (TPSA) is 81.5 Å². The number of aliphatic hydroxyl groups is 1. The number of hydrogen-bond acceptors (Lipinski definition) is 6. The largest absolute Gasteiger partial charge is 0.515 e. The summed E-state index contributed by atoms with van der Waals surface area (Å²) in [6.07, 6.45) is 2.88. The minimum atomic E-state index is -0.594. The number of aliphatic hydroxyl groups excluding tert-OH is 1. The summed E-state index contributed by atoms with van der Waals surface area (Å²) in [5.41, 5.74) is 3.50. The standard InChI is InChI=1S/C28H28N2O4/c1-17-22-14-13-21-25(28(22,15-18(16-31)24(17)32)19-9-5-4-6-10-19)29-26(30-27(21)34-3)20-11-7-8-12-23(20)33-2/h4-12,16-17,22,31H,13-15H2,1-3H3/b18-16-/t17-,22-,28+/m0/s1. The predicted molar refractivity (Wildman–Crippen MR) is 129 cm³/mol. The fourth-order valence-electron chi connectivity index (χ4n) is 5.95. The molecule has 1 aromatic heterocycles. The Labute approximate surface area is 199 Å². The summed E-state index contributed by atoms with van der Waals surface area (Å²) in [6, 6.07) is 17.9. The van der Waals surface area contributed by atoms with Gasteiger partial charge < -0.3 is 14.6 Å². The average molecular weight is 457 g/mol. The Morgan fingerprint density at radius 2 is 1.76 bits per heavy atom. The Bertz CT molecular complexity index is 1270. The zero-order chi connectivity index (χ0) is 23.9. The molecule has 0 radical (unpaired) electrons. The lowest BCUT2D eigenvalue weighted by Gasteiger charge is -2.50.